The summed E-state index contributed by atoms with van der Waals surface area (Å²) >= 11 is 1.55. The molecule has 2 N–H and O–H groups in total. The lowest BCUT2D eigenvalue weighted by atomic mass is 9.93. The van der Waals surface area contributed by atoms with E-state index in [9.17, 15) is 14.0 Å². The van der Waals surface area contributed by atoms with E-state index in [4.69, 9.17) is 19.1 Å². The normalized spacial score (nSPS) is 17.7. The number of carbonyl (C=O) groups excluding carboxylic acids is 1. The van der Waals surface area contributed by atoms with Gasteiger partial charge < -0.3 is 19.4 Å². The molecule has 9 rings (SSSR count). The Labute approximate surface area is 290 Å². The van der Waals surface area contributed by atoms with Gasteiger partial charge in [0.15, 0.2) is 0 Å². The maximum absolute atomic E-state index is 14.2. The molecule has 12 heteroatoms. The number of aromatic amines is 1. The SMILES string of the molecule is COc1cccc2c1CCC2Nc1nc(C)cc2cc(-c3c4c(nc(CCc5ccc(F)cc5)c3-c3n[nH]c(=O)o3)C3CCCN3C4=O)sc12. The number of hydrogen-bond donors (Lipinski definition) is 2. The first-order chi connectivity index (χ1) is 24.4. The van der Waals surface area contributed by atoms with Crippen molar-refractivity contribution >= 4 is 33.1 Å². The van der Waals surface area contributed by atoms with Gasteiger partial charge in [-0.15, -0.1) is 16.4 Å². The highest BCUT2D eigenvalue weighted by molar-refractivity contribution is 7.23. The van der Waals surface area contributed by atoms with Crippen LogP contribution in [-0.4, -0.2) is 44.6 Å². The molecule has 6 heterocycles. The minimum absolute atomic E-state index is 0.0639. The zero-order valence-corrected chi connectivity index (χ0v) is 28.3. The molecule has 3 aliphatic rings. The number of thiophene rings is 1. The van der Waals surface area contributed by atoms with Gasteiger partial charge in [-0.2, -0.15) is 0 Å². The van der Waals surface area contributed by atoms with Gasteiger partial charge >= 0.3 is 5.76 Å². The predicted molar refractivity (Wildman–Crippen MR) is 188 cm³/mol. The molecule has 1 fully saturated rings. The first-order valence-corrected chi connectivity index (χ1v) is 17.7. The summed E-state index contributed by atoms with van der Waals surface area (Å²) in [6, 6.07) is 16.7. The van der Waals surface area contributed by atoms with Gasteiger partial charge in [-0.05, 0) is 97.9 Å². The molecule has 0 bridgehead atoms. The number of rotatable bonds is 8. The number of aromatic nitrogens is 4. The zero-order valence-electron chi connectivity index (χ0n) is 27.5. The number of carbonyl (C=O) groups is 1. The Kier molecular flexibility index (Phi) is 7.30. The fourth-order valence-electron chi connectivity index (χ4n) is 7.99. The molecule has 4 aromatic heterocycles. The van der Waals surface area contributed by atoms with Crippen molar-refractivity contribution in [1.82, 2.24) is 25.1 Å². The molecule has 6 aromatic rings. The van der Waals surface area contributed by atoms with Gasteiger partial charge in [-0.3, -0.25) is 9.78 Å². The lowest BCUT2D eigenvalue weighted by molar-refractivity contribution is 0.0776. The Morgan fingerprint density at radius 3 is 2.72 bits per heavy atom. The number of aryl methyl sites for hydroxylation is 3. The number of anilines is 1. The molecule has 0 saturated carbocycles. The van der Waals surface area contributed by atoms with Crippen LogP contribution in [0.4, 0.5) is 10.2 Å². The number of amides is 1. The first kappa shape index (κ1) is 30.7. The van der Waals surface area contributed by atoms with Gasteiger partial charge in [-0.1, -0.05) is 24.3 Å². The van der Waals surface area contributed by atoms with Gasteiger partial charge in [0.1, 0.15) is 17.4 Å². The van der Waals surface area contributed by atoms with Crippen molar-refractivity contribution in [3.63, 3.8) is 0 Å². The maximum atomic E-state index is 14.2. The summed E-state index contributed by atoms with van der Waals surface area (Å²) in [5.74, 6) is 0.687. The van der Waals surface area contributed by atoms with Gasteiger partial charge in [0, 0.05) is 22.7 Å². The van der Waals surface area contributed by atoms with Crippen molar-refractivity contribution in [3.8, 4) is 27.6 Å². The summed E-state index contributed by atoms with van der Waals surface area (Å²) in [6.45, 7) is 2.64. The van der Waals surface area contributed by atoms with Crippen molar-refractivity contribution in [2.75, 3.05) is 19.0 Å². The molecule has 2 atom stereocenters. The fraction of sp³-hybridized carbons (Fsp3) is 0.289. The number of benzene rings is 2. The van der Waals surface area contributed by atoms with Crippen molar-refractivity contribution in [3.05, 3.63) is 110 Å². The van der Waals surface area contributed by atoms with E-state index in [1.54, 1.807) is 30.6 Å². The average molecular weight is 689 g/mol. The van der Waals surface area contributed by atoms with Gasteiger partial charge in [0.2, 0.25) is 0 Å². The molecule has 252 valence electrons. The third kappa shape index (κ3) is 5.00. The maximum Gasteiger partial charge on any atom is 0.434 e. The third-order valence-electron chi connectivity index (χ3n) is 10.2. The third-order valence-corrected chi connectivity index (χ3v) is 11.4. The highest BCUT2D eigenvalue weighted by Crippen LogP contribution is 2.50. The van der Waals surface area contributed by atoms with Gasteiger partial charge in [0.05, 0.1) is 46.4 Å². The van der Waals surface area contributed by atoms with Crippen LogP contribution in [0, 0.1) is 12.7 Å². The second kappa shape index (κ2) is 11.9. The molecule has 2 unspecified atom stereocenters. The van der Waals surface area contributed by atoms with Crippen LogP contribution in [0.1, 0.15) is 75.5 Å². The van der Waals surface area contributed by atoms with Gasteiger partial charge in [0.25, 0.3) is 11.8 Å². The smallest absolute Gasteiger partial charge is 0.434 e. The van der Waals surface area contributed by atoms with Crippen molar-refractivity contribution in [2.24, 2.45) is 0 Å². The van der Waals surface area contributed by atoms with Crippen LogP contribution in [0.2, 0.25) is 0 Å². The number of H-pyrrole nitrogens is 1. The van der Waals surface area contributed by atoms with E-state index in [1.807, 2.05) is 24.0 Å². The molecular formula is C38H33FN6O4S. The van der Waals surface area contributed by atoms with Crippen molar-refractivity contribution in [2.45, 2.75) is 57.5 Å². The highest BCUT2D eigenvalue weighted by Gasteiger charge is 2.45. The Hall–Kier alpha value is -5.36. The van der Waals surface area contributed by atoms with Crippen LogP contribution < -0.4 is 15.8 Å². The van der Waals surface area contributed by atoms with E-state index in [2.05, 4.69) is 33.7 Å². The summed E-state index contributed by atoms with van der Waals surface area (Å²) in [4.78, 5) is 39.5. The lowest BCUT2D eigenvalue weighted by Crippen LogP contribution is -2.22. The van der Waals surface area contributed by atoms with E-state index in [1.165, 1.54) is 23.3 Å². The molecule has 1 saturated heterocycles. The molecule has 2 aromatic carbocycles. The van der Waals surface area contributed by atoms with Crippen molar-refractivity contribution < 1.29 is 18.3 Å². The highest BCUT2D eigenvalue weighted by atomic mass is 32.1. The topological polar surface area (TPSA) is 126 Å². The van der Waals surface area contributed by atoms with Crippen LogP contribution in [-0.2, 0) is 19.3 Å². The Morgan fingerprint density at radius 2 is 1.92 bits per heavy atom. The van der Waals surface area contributed by atoms with E-state index < -0.39 is 5.76 Å². The van der Waals surface area contributed by atoms with Crippen LogP contribution in [0.25, 0.3) is 32.0 Å². The number of fused-ring (bicyclic) bond motifs is 5. The molecule has 10 nitrogen and oxygen atoms in total. The fourth-order valence-corrected chi connectivity index (χ4v) is 9.14. The quantitative estimate of drug-likeness (QED) is 0.170. The summed E-state index contributed by atoms with van der Waals surface area (Å²) in [7, 11) is 1.70. The number of nitrogens with one attached hydrogen (secondary N) is 2. The second-order valence-electron chi connectivity index (χ2n) is 13.2. The summed E-state index contributed by atoms with van der Waals surface area (Å²) < 4.78 is 26.0. The standard InChI is InChI=1S/C38H33FN6O4S/c1-19-17-21-18-29(50-34(21)35(40-19)42-25-15-13-24-23(25)5-3-7-28(24)48-2)31-30(36-43-44-38(47)49-36)26(14-10-20-8-11-22(39)12-9-20)41-33-27-6-4-16-45(27)37(46)32(31)33/h3,5,7-9,11-12,17-18,25,27H,4,6,10,13-16H2,1-2H3,(H,40,42)(H,44,47). The van der Waals surface area contributed by atoms with Crippen molar-refractivity contribution in [1.29, 1.82) is 0 Å². The predicted octanol–water partition coefficient (Wildman–Crippen LogP) is 7.33. The number of pyridine rings is 2. The Morgan fingerprint density at radius 1 is 1.06 bits per heavy atom. The minimum Gasteiger partial charge on any atom is -0.496 e. The van der Waals surface area contributed by atoms with E-state index in [0.29, 0.717) is 41.8 Å². The summed E-state index contributed by atoms with van der Waals surface area (Å²) in [5.41, 5.74) is 7.35. The molecule has 1 aliphatic carbocycles. The number of hydrogen-bond acceptors (Lipinski definition) is 9. The molecule has 1 amide bonds. The van der Waals surface area contributed by atoms with Crippen LogP contribution in [0.5, 0.6) is 5.75 Å². The first-order valence-electron chi connectivity index (χ1n) is 16.9. The van der Waals surface area contributed by atoms with E-state index >= 15 is 0 Å². The van der Waals surface area contributed by atoms with E-state index in [-0.39, 0.29) is 29.7 Å². The van der Waals surface area contributed by atoms with Gasteiger partial charge in [-0.25, -0.2) is 19.3 Å². The summed E-state index contributed by atoms with van der Waals surface area (Å²) in [6.07, 6.45) is 4.58. The number of ether oxygens (including phenoxy) is 1. The van der Waals surface area contributed by atoms with Crippen LogP contribution in [0.15, 0.2) is 63.8 Å². The number of methoxy groups -OCH3 is 1. The Bertz CT molecular complexity index is 2380. The Balaban J connectivity index is 1.22. The molecule has 0 spiro atoms. The molecule has 50 heavy (non-hydrogen) atoms. The summed E-state index contributed by atoms with van der Waals surface area (Å²) in [5, 5.41) is 11.4. The molecule has 2 aliphatic heterocycles. The monoisotopic (exact) mass is 688 g/mol. The minimum atomic E-state index is -0.695. The van der Waals surface area contributed by atoms with E-state index in [0.717, 1.165) is 69.2 Å². The number of halogens is 1. The van der Waals surface area contributed by atoms with Crippen LogP contribution >= 0.6 is 11.3 Å². The molecule has 0 radical (unpaired) electrons. The lowest BCUT2D eigenvalue weighted by Gasteiger charge is -2.17. The number of nitrogens with zero attached hydrogens (tertiary/aromatic N) is 4. The largest absolute Gasteiger partial charge is 0.496 e. The average Bonchev–Trinajstić information content (AvgIpc) is 3.95. The zero-order chi connectivity index (χ0) is 34.1. The van der Waals surface area contributed by atoms with Crippen LogP contribution in [0.3, 0.4) is 0 Å². The second-order valence-corrected chi connectivity index (χ2v) is 14.2. The molecular weight excluding hydrogens is 656 g/mol.